The van der Waals surface area contributed by atoms with E-state index >= 15 is 0 Å². The lowest BCUT2D eigenvalue weighted by Gasteiger charge is -2.23. The highest BCUT2D eigenvalue weighted by Gasteiger charge is 2.28. The molecule has 1 aromatic heterocycles. The maximum Gasteiger partial charge on any atom is 0.254 e. The van der Waals surface area contributed by atoms with E-state index < -0.39 is 0 Å². The molecule has 4 rings (SSSR count). The van der Waals surface area contributed by atoms with Crippen LogP contribution in [0.2, 0.25) is 0 Å². The summed E-state index contributed by atoms with van der Waals surface area (Å²) in [6.07, 6.45) is 2.02. The average Bonchev–Trinajstić information content (AvgIpc) is 3.24. The molecule has 0 saturated carbocycles. The zero-order valence-electron chi connectivity index (χ0n) is 15.2. The molecule has 0 spiro atoms. The predicted octanol–water partition coefficient (Wildman–Crippen LogP) is 3.74. The van der Waals surface area contributed by atoms with Gasteiger partial charge >= 0.3 is 0 Å². The lowest BCUT2D eigenvalue weighted by Crippen LogP contribution is -2.39. The maximum atomic E-state index is 12.9. The number of carbonyl (C=O) groups is 1. The molecule has 0 bridgehead atoms. The number of likely N-dealkylation sites (tertiary alicyclic amines) is 1. The Morgan fingerprint density at radius 1 is 1.19 bits per heavy atom. The molecule has 7 heteroatoms. The molecule has 1 unspecified atom stereocenters. The second-order valence-electron chi connectivity index (χ2n) is 6.56. The van der Waals surface area contributed by atoms with Crippen LogP contribution in [0.5, 0.6) is 0 Å². The Labute approximate surface area is 171 Å². The van der Waals surface area contributed by atoms with E-state index in [4.69, 9.17) is 5.73 Å². The van der Waals surface area contributed by atoms with Crippen molar-refractivity contribution < 1.29 is 4.79 Å². The number of amides is 1. The Kier molecular flexibility index (Phi) is 6.87. The Balaban J connectivity index is 0.00000131. The molecule has 144 valence electrons. The summed E-state index contributed by atoms with van der Waals surface area (Å²) in [6, 6.07) is 16.1. The lowest BCUT2D eigenvalue weighted by atomic mass is 10.1. The summed E-state index contributed by atoms with van der Waals surface area (Å²) in [4.78, 5) is 19.4. The van der Waals surface area contributed by atoms with E-state index in [1.807, 2.05) is 48.2 Å². The van der Waals surface area contributed by atoms with Gasteiger partial charge in [-0.1, -0.05) is 18.2 Å². The number of benzene rings is 2. The molecule has 1 aliphatic rings. The number of para-hydroxylation sites is 1. The van der Waals surface area contributed by atoms with E-state index in [1.54, 1.807) is 0 Å². The minimum atomic E-state index is 0. The number of aryl methyl sites for hydroxylation is 1. The maximum absolute atomic E-state index is 12.9. The van der Waals surface area contributed by atoms with Crippen LogP contribution in [0.25, 0.3) is 16.7 Å². The highest BCUT2D eigenvalue weighted by atomic mass is 35.5. The molecule has 2 heterocycles. The number of hydrogen-bond acceptors (Lipinski definition) is 3. The molecule has 1 fully saturated rings. The predicted molar refractivity (Wildman–Crippen MR) is 113 cm³/mol. The van der Waals surface area contributed by atoms with Gasteiger partial charge in [-0.3, -0.25) is 9.36 Å². The van der Waals surface area contributed by atoms with Crippen LogP contribution in [0, 0.1) is 6.92 Å². The standard InChI is InChI=1S/C20H22N4O.2ClH/c1-14-22-18-12-15(20(25)23-11-5-8-17(23)13-21)9-10-19(18)24(14)16-6-3-2-4-7-16;;/h2-4,6-7,9-10,12,17H,5,8,11,13,21H2,1H3;2*1H. The first-order valence-corrected chi connectivity index (χ1v) is 8.74. The fourth-order valence-electron chi connectivity index (χ4n) is 3.75. The van der Waals surface area contributed by atoms with E-state index in [0.29, 0.717) is 12.1 Å². The summed E-state index contributed by atoms with van der Waals surface area (Å²) in [7, 11) is 0. The first kappa shape index (κ1) is 21.2. The molecule has 1 aliphatic heterocycles. The van der Waals surface area contributed by atoms with Crippen LogP contribution in [0.1, 0.15) is 29.0 Å². The van der Waals surface area contributed by atoms with Gasteiger partial charge in [-0.25, -0.2) is 4.98 Å². The van der Waals surface area contributed by atoms with E-state index in [2.05, 4.69) is 21.7 Å². The smallest absolute Gasteiger partial charge is 0.254 e. The lowest BCUT2D eigenvalue weighted by molar-refractivity contribution is 0.0741. The van der Waals surface area contributed by atoms with E-state index in [0.717, 1.165) is 41.9 Å². The van der Waals surface area contributed by atoms with Crippen molar-refractivity contribution in [1.82, 2.24) is 14.5 Å². The summed E-state index contributed by atoms with van der Waals surface area (Å²) in [5, 5.41) is 0. The Bertz CT molecular complexity index is 926. The van der Waals surface area contributed by atoms with Gasteiger partial charge < -0.3 is 10.6 Å². The van der Waals surface area contributed by atoms with Crippen LogP contribution < -0.4 is 5.73 Å². The van der Waals surface area contributed by atoms with Crippen LogP contribution >= 0.6 is 24.8 Å². The minimum Gasteiger partial charge on any atom is -0.334 e. The van der Waals surface area contributed by atoms with Gasteiger partial charge in [0.2, 0.25) is 0 Å². The van der Waals surface area contributed by atoms with Crippen LogP contribution in [0.3, 0.4) is 0 Å². The molecule has 0 radical (unpaired) electrons. The summed E-state index contributed by atoms with van der Waals surface area (Å²) in [5.41, 5.74) is 9.42. The minimum absolute atomic E-state index is 0. The molecule has 2 aromatic carbocycles. The van der Waals surface area contributed by atoms with Crippen LogP contribution in [-0.2, 0) is 0 Å². The summed E-state index contributed by atoms with van der Waals surface area (Å²) >= 11 is 0. The third-order valence-corrected chi connectivity index (χ3v) is 4.99. The third-order valence-electron chi connectivity index (χ3n) is 4.99. The Hall–Kier alpha value is -2.08. The molecular weight excluding hydrogens is 383 g/mol. The molecule has 5 nitrogen and oxygen atoms in total. The molecule has 1 amide bonds. The van der Waals surface area contributed by atoms with Crippen molar-refractivity contribution in [2.45, 2.75) is 25.8 Å². The van der Waals surface area contributed by atoms with Crippen molar-refractivity contribution >= 4 is 41.8 Å². The van der Waals surface area contributed by atoms with E-state index in [9.17, 15) is 4.79 Å². The fraction of sp³-hybridized carbons (Fsp3) is 0.300. The topological polar surface area (TPSA) is 64.2 Å². The Morgan fingerprint density at radius 3 is 2.63 bits per heavy atom. The first-order chi connectivity index (χ1) is 12.2. The van der Waals surface area contributed by atoms with Crippen LogP contribution in [0.15, 0.2) is 48.5 Å². The van der Waals surface area contributed by atoms with E-state index in [-0.39, 0.29) is 36.8 Å². The molecule has 0 aliphatic carbocycles. The van der Waals surface area contributed by atoms with Crippen molar-refractivity contribution in [2.24, 2.45) is 5.73 Å². The number of imidazole rings is 1. The summed E-state index contributed by atoms with van der Waals surface area (Å²) in [6.45, 7) is 3.30. The quantitative estimate of drug-likeness (QED) is 0.720. The zero-order chi connectivity index (χ0) is 17.4. The SMILES string of the molecule is Cc1nc2cc(C(=O)N3CCCC3CN)ccc2n1-c1ccccc1.Cl.Cl. The normalized spacial score (nSPS) is 16.1. The van der Waals surface area contributed by atoms with Gasteiger partial charge in [0.1, 0.15) is 5.82 Å². The molecular formula is C20H24Cl2N4O. The van der Waals surface area contributed by atoms with Gasteiger partial charge in [-0.05, 0) is 50.1 Å². The first-order valence-electron chi connectivity index (χ1n) is 8.74. The number of rotatable bonds is 3. The zero-order valence-corrected chi connectivity index (χ0v) is 16.8. The Morgan fingerprint density at radius 2 is 1.93 bits per heavy atom. The molecule has 27 heavy (non-hydrogen) atoms. The second kappa shape index (κ2) is 8.74. The van der Waals surface area contributed by atoms with Crippen molar-refractivity contribution in [1.29, 1.82) is 0 Å². The average molecular weight is 407 g/mol. The molecule has 3 aromatic rings. The van der Waals surface area contributed by atoms with Crippen LogP contribution in [0.4, 0.5) is 0 Å². The largest absolute Gasteiger partial charge is 0.334 e. The van der Waals surface area contributed by atoms with Crippen molar-refractivity contribution in [2.75, 3.05) is 13.1 Å². The molecule has 1 atom stereocenters. The van der Waals surface area contributed by atoms with Gasteiger partial charge in [0, 0.05) is 30.4 Å². The number of aromatic nitrogens is 2. The third kappa shape index (κ3) is 3.81. The molecule has 1 saturated heterocycles. The van der Waals surface area contributed by atoms with Crippen molar-refractivity contribution in [3.63, 3.8) is 0 Å². The number of fused-ring (bicyclic) bond motifs is 1. The van der Waals surface area contributed by atoms with Gasteiger partial charge in [0.25, 0.3) is 5.91 Å². The fourth-order valence-corrected chi connectivity index (χ4v) is 3.75. The van der Waals surface area contributed by atoms with Crippen molar-refractivity contribution in [3.8, 4) is 5.69 Å². The monoisotopic (exact) mass is 406 g/mol. The van der Waals surface area contributed by atoms with Crippen molar-refractivity contribution in [3.05, 3.63) is 59.9 Å². The van der Waals surface area contributed by atoms with E-state index in [1.165, 1.54) is 0 Å². The summed E-state index contributed by atoms with van der Waals surface area (Å²) < 4.78 is 2.11. The number of nitrogens with zero attached hydrogens (tertiary/aromatic N) is 3. The summed E-state index contributed by atoms with van der Waals surface area (Å²) in [5.74, 6) is 0.966. The van der Waals surface area contributed by atoms with Gasteiger partial charge in [0.15, 0.2) is 0 Å². The van der Waals surface area contributed by atoms with Crippen LogP contribution in [-0.4, -0.2) is 39.5 Å². The van der Waals surface area contributed by atoms with Gasteiger partial charge in [-0.15, -0.1) is 24.8 Å². The second-order valence-corrected chi connectivity index (χ2v) is 6.56. The number of carbonyl (C=O) groups excluding carboxylic acids is 1. The molecule has 2 N–H and O–H groups in total. The number of halogens is 2. The highest BCUT2D eigenvalue weighted by molar-refractivity contribution is 5.98. The number of nitrogens with two attached hydrogens (primary N) is 1. The van der Waals surface area contributed by atoms with Gasteiger partial charge in [0.05, 0.1) is 11.0 Å². The highest BCUT2D eigenvalue weighted by Crippen LogP contribution is 2.24. The number of hydrogen-bond donors (Lipinski definition) is 1. The van der Waals surface area contributed by atoms with Gasteiger partial charge in [-0.2, -0.15) is 0 Å².